The number of hydrogen-bond donors (Lipinski definition) is 1. The van der Waals surface area contributed by atoms with Crippen LogP contribution in [0, 0.1) is 11.8 Å². The van der Waals surface area contributed by atoms with Gasteiger partial charge in [0.25, 0.3) is 0 Å². The van der Waals surface area contributed by atoms with Crippen LogP contribution in [0.15, 0.2) is 0 Å². The molecule has 2 aliphatic heterocycles. The van der Waals surface area contributed by atoms with Gasteiger partial charge in [0.05, 0.1) is 0 Å². The van der Waals surface area contributed by atoms with E-state index in [1.807, 2.05) is 0 Å². The highest BCUT2D eigenvalue weighted by molar-refractivity contribution is 4.84. The lowest BCUT2D eigenvalue weighted by Crippen LogP contribution is -2.38. The molecule has 0 aromatic carbocycles. The summed E-state index contributed by atoms with van der Waals surface area (Å²) in [6.07, 6.45) is 5.08. The largest absolute Gasteiger partial charge is 0.314 e. The third-order valence-corrected chi connectivity index (χ3v) is 3.19. The maximum Gasteiger partial charge on any atom is 0.0353 e. The van der Waals surface area contributed by atoms with Gasteiger partial charge in [-0.1, -0.05) is 6.92 Å². The summed E-state index contributed by atoms with van der Waals surface area (Å²) in [6, 6.07) is 0.476. The zero-order chi connectivity index (χ0) is 7.84. The highest BCUT2D eigenvalue weighted by atomic mass is 16.5. The van der Waals surface area contributed by atoms with Crippen molar-refractivity contribution in [2.24, 2.45) is 11.8 Å². The molecular formula is C9H17NO. The van der Waals surface area contributed by atoms with Crippen LogP contribution in [0.25, 0.3) is 0 Å². The molecule has 3 aliphatic rings. The molecule has 0 radical (unpaired) electrons. The molecule has 1 aliphatic carbocycles. The Hall–Kier alpha value is -0.0800. The summed E-state index contributed by atoms with van der Waals surface area (Å²) >= 11 is 0. The predicted molar refractivity (Wildman–Crippen MR) is 43.4 cm³/mol. The summed E-state index contributed by atoms with van der Waals surface area (Å²) in [6.45, 7) is 3.24. The quantitative estimate of drug-likeness (QED) is 0.577. The van der Waals surface area contributed by atoms with E-state index >= 15 is 0 Å². The van der Waals surface area contributed by atoms with Gasteiger partial charge in [-0.2, -0.15) is 5.06 Å². The molecule has 11 heavy (non-hydrogen) atoms. The summed E-state index contributed by atoms with van der Waals surface area (Å²) in [5.74, 6) is 1.60. The van der Waals surface area contributed by atoms with Gasteiger partial charge in [0.15, 0.2) is 0 Å². The van der Waals surface area contributed by atoms with E-state index in [0.29, 0.717) is 6.04 Å². The van der Waals surface area contributed by atoms with Crippen molar-refractivity contribution < 1.29 is 5.21 Å². The molecule has 3 unspecified atom stereocenters. The van der Waals surface area contributed by atoms with Crippen LogP contribution in [0.3, 0.4) is 0 Å². The number of hydrogen-bond acceptors (Lipinski definition) is 2. The van der Waals surface area contributed by atoms with Crippen LogP contribution in [0.1, 0.15) is 32.6 Å². The van der Waals surface area contributed by atoms with Crippen molar-refractivity contribution in [1.29, 1.82) is 0 Å². The predicted octanol–water partition coefficient (Wildman–Crippen LogP) is 1.89. The SMILES string of the molecule is CC1CC2CCC(C1)N(O)C2. The molecule has 0 aromatic rings. The summed E-state index contributed by atoms with van der Waals surface area (Å²) < 4.78 is 0. The average molecular weight is 155 g/mol. The number of nitrogens with zero attached hydrogens (tertiary/aromatic N) is 1. The van der Waals surface area contributed by atoms with Crippen LogP contribution in [0.4, 0.5) is 0 Å². The second-order valence-corrected chi connectivity index (χ2v) is 4.30. The van der Waals surface area contributed by atoms with E-state index in [9.17, 15) is 5.21 Å². The lowest BCUT2D eigenvalue weighted by Gasteiger charge is -2.31. The maximum absolute atomic E-state index is 9.53. The third kappa shape index (κ3) is 1.42. The fourth-order valence-corrected chi connectivity index (χ4v) is 2.64. The summed E-state index contributed by atoms with van der Waals surface area (Å²) in [5, 5.41) is 11.1. The minimum Gasteiger partial charge on any atom is -0.314 e. The van der Waals surface area contributed by atoms with Gasteiger partial charge < -0.3 is 5.21 Å². The standard InChI is InChI=1S/C9H17NO/c1-7-4-8-2-3-9(5-7)10(11)6-8/h7-9,11H,2-6H2,1H3. The highest BCUT2D eigenvalue weighted by Crippen LogP contribution is 2.34. The second-order valence-electron chi connectivity index (χ2n) is 4.30. The highest BCUT2D eigenvalue weighted by Gasteiger charge is 2.33. The van der Waals surface area contributed by atoms with Gasteiger partial charge in [-0.25, -0.2) is 0 Å². The fraction of sp³-hybridized carbons (Fsp3) is 1.00. The normalized spacial score (nSPS) is 45.8. The summed E-state index contributed by atoms with van der Waals surface area (Å²) in [5.41, 5.74) is 0. The maximum atomic E-state index is 9.53. The Labute approximate surface area is 68.2 Å². The molecule has 3 rings (SSSR count). The van der Waals surface area contributed by atoms with Gasteiger partial charge >= 0.3 is 0 Å². The minimum absolute atomic E-state index is 0.476. The Morgan fingerprint density at radius 2 is 2.09 bits per heavy atom. The van der Waals surface area contributed by atoms with E-state index in [-0.39, 0.29) is 0 Å². The van der Waals surface area contributed by atoms with Crippen molar-refractivity contribution in [3.63, 3.8) is 0 Å². The van der Waals surface area contributed by atoms with Crippen molar-refractivity contribution in [3.8, 4) is 0 Å². The molecule has 0 amide bonds. The van der Waals surface area contributed by atoms with Crippen LogP contribution < -0.4 is 0 Å². The number of rotatable bonds is 0. The molecule has 0 spiro atoms. The Morgan fingerprint density at radius 3 is 2.82 bits per heavy atom. The van der Waals surface area contributed by atoms with Crippen molar-refractivity contribution >= 4 is 0 Å². The van der Waals surface area contributed by atoms with E-state index in [1.165, 1.54) is 25.7 Å². The zero-order valence-electron chi connectivity index (χ0n) is 7.16. The van der Waals surface area contributed by atoms with Gasteiger partial charge in [-0.3, -0.25) is 0 Å². The lowest BCUT2D eigenvalue weighted by molar-refractivity contribution is -0.149. The summed E-state index contributed by atoms with van der Waals surface area (Å²) in [4.78, 5) is 0. The monoisotopic (exact) mass is 155 g/mol. The van der Waals surface area contributed by atoms with Crippen LogP contribution in [0.2, 0.25) is 0 Å². The van der Waals surface area contributed by atoms with Crippen molar-refractivity contribution in [1.82, 2.24) is 5.06 Å². The lowest BCUT2D eigenvalue weighted by atomic mass is 9.95. The van der Waals surface area contributed by atoms with Crippen molar-refractivity contribution in [2.75, 3.05) is 6.54 Å². The van der Waals surface area contributed by atoms with E-state index < -0.39 is 0 Å². The fourth-order valence-electron chi connectivity index (χ4n) is 2.64. The van der Waals surface area contributed by atoms with Gasteiger partial charge in [-0.05, 0) is 37.5 Å². The number of piperidine rings is 1. The first-order valence-electron chi connectivity index (χ1n) is 4.71. The Balaban J connectivity index is 2.10. The molecule has 1 saturated carbocycles. The Morgan fingerprint density at radius 1 is 1.27 bits per heavy atom. The average Bonchev–Trinajstić information content (AvgIpc) is 2.16. The number of hydroxylamine groups is 2. The minimum atomic E-state index is 0.476. The van der Waals surface area contributed by atoms with E-state index in [2.05, 4.69) is 6.92 Å². The smallest absolute Gasteiger partial charge is 0.0353 e. The Bertz CT molecular complexity index is 146. The van der Waals surface area contributed by atoms with E-state index in [4.69, 9.17) is 0 Å². The first kappa shape index (κ1) is 7.56. The van der Waals surface area contributed by atoms with Crippen LogP contribution in [-0.2, 0) is 0 Å². The number of fused-ring (bicyclic) bond motifs is 4. The molecule has 2 bridgehead atoms. The molecule has 2 saturated heterocycles. The molecule has 2 heteroatoms. The first-order valence-corrected chi connectivity index (χ1v) is 4.71. The van der Waals surface area contributed by atoms with Gasteiger partial charge in [0, 0.05) is 12.6 Å². The first-order chi connectivity index (χ1) is 5.25. The van der Waals surface area contributed by atoms with Crippen LogP contribution in [-0.4, -0.2) is 22.9 Å². The molecule has 64 valence electrons. The van der Waals surface area contributed by atoms with E-state index in [0.717, 1.165) is 18.4 Å². The van der Waals surface area contributed by atoms with Crippen molar-refractivity contribution in [2.45, 2.75) is 38.6 Å². The third-order valence-electron chi connectivity index (χ3n) is 3.19. The topological polar surface area (TPSA) is 23.5 Å². The molecule has 2 nitrogen and oxygen atoms in total. The van der Waals surface area contributed by atoms with Crippen LogP contribution in [0.5, 0.6) is 0 Å². The molecule has 0 aromatic heterocycles. The molecular weight excluding hydrogens is 138 g/mol. The zero-order valence-corrected chi connectivity index (χ0v) is 7.16. The van der Waals surface area contributed by atoms with Crippen molar-refractivity contribution in [3.05, 3.63) is 0 Å². The molecule has 3 fully saturated rings. The summed E-state index contributed by atoms with van der Waals surface area (Å²) in [7, 11) is 0. The van der Waals surface area contributed by atoms with E-state index in [1.54, 1.807) is 5.06 Å². The van der Waals surface area contributed by atoms with Crippen LogP contribution >= 0.6 is 0 Å². The Kier molecular flexibility index (Phi) is 1.90. The molecule has 1 N–H and O–H groups in total. The van der Waals surface area contributed by atoms with Gasteiger partial charge in [-0.15, -0.1) is 0 Å². The van der Waals surface area contributed by atoms with Gasteiger partial charge in [0.1, 0.15) is 0 Å². The second kappa shape index (κ2) is 2.76. The molecule has 2 heterocycles. The van der Waals surface area contributed by atoms with Gasteiger partial charge in [0.2, 0.25) is 0 Å². The molecule has 3 atom stereocenters.